The molecule has 0 aliphatic carbocycles. The van der Waals surface area contributed by atoms with Crippen LogP contribution in [0.3, 0.4) is 0 Å². The van der Waals surface area contributed by atoms with E-state index in [2.05, 4.69) is 11.4 Å². The highest BCUT2D eigenvalue weighted by atomic mass is 16.6. The molecule has 2 aromatic rings. The highest BCUT2D eigenvalue weighted by molar-refractivity contribution is 5.77. The second-order valence-corrected chi connectivity index (χ2v) is 4.32. The summed E-state index contributed by atoms with van der Waals surface area (Å²) in [5, 5.41) is 14.4. The first-order chi connectivity index (χ1) is 8.77. The molecule has 4 nitrogen and oxygen atoms in total. The number of para-hydroxylation sites is 1. The Hall–Kier alpha value is -2.20. The quantitative estimate of drug-likeness (QED) is 0.648. The Labute approximate surface area is 104 Å². The maximum absolute atomic E-state index is 11.1. The van der Waals surface area contributed by atoms with E-state index in [1.54, 1.807) is 12.1 Å². The molecule has 0 amide bonds. The molecule has 0 saturated heterocycles. The van der Waals surface area contributed by atoms with E-state index in [9.17, 15) is 10.1 Å². The predicted octanol–water partition coefficient (Wildman–Crippen LogP) is 2.87. The molecule has 0 radical (unpaired) electrons. The molecule has 1 heterocycles. The molecule has 0 unspecified atom stereocenters. The Balaban J connectivity index is 2.22. The maximum Gasteiger partial charge on any atom is 0.277 e. The fraction of sp³-hybridized carbons (Fsp3) is 0.143. The lowest BCUT2D eigenvalue weighted by Crippen LogP contribution is -2.00. The summed E-state index contributed by atoms with van der Waals surface area (Å²) in [4.78, 5) is 10.8. The Morgan fingerprint density at radius 1 is 1.00 bits per heavy atom. The SMILES string of the molecule is O=[N+]([O-])c1ccccc1-c1cccc2c1CNC2. The molecule has 2 aromatic carbocycles. The van der Waals surface area contributed by atoms with Crippen LogP contribution >= 0.6 is 0 Å². The molecule has 0 aromatic heterocycles. The van der Waals surface area contributed by atoms with Crippen molar-refractivity contribution in [3.8, 4) is 11.1 Å². The summed E-state index contributed by atoms with van der Waals surface area (Å²) in [6, 6.07) is 12.9. The topological polar surface area (TPSA) is 55.2 Å². The smallest absolute Gasteiger partial charge is 0.277 e. The second-order valence-electron chi connectivity index (χ2n) is 4.32. The third-order valence-electron chi connectivity index (χ3n) is 3.28. The van der Waals surface area contributed by atoms with Gasteiger partial charge in [0.1, 0.15) is 0 Å². The minimum absolute atomic E-state index is 0.165. The number of benzene rings is 2. The molecule has 90 valence electrons. The number of nitrogens with one attached hydrogen (secondary N) is 1. The van der Waals surface area contributed by atoms with Crippen molar-refractivity contribution in [3.63, 3.8) is 0 Å². The maximum atomic E-state index is 11.1. The lowest BCUT2D eigenvalue weighted by Gasteiger charge is -2.08. The molecule has 1 aliphatic heterocycles. The van der Waals surface area contributed by atoms with Crippen molar-refractivity contribution in [3.05, 3.63) is 63.7 Å². The predicted molar refractivity (Wildman–Crippen MR) is 69.1 cm³/mol. The van der Waals surface area contributed by atoms with Gasteiger partial charge in [-0.15, -0.1) is 0 Å². The average molecular weight is 240 g/mol. The summed E-state index contributed by atoms with van der Waals surface area (Å²) in [5.41, 5.74) is 4.23. The standard InChI is InChI=1S/C14H12N2O2/c17-16(18)14-7-2-1-5-12(14)11-6-3-4-10-8-15-9-13(10)11/h1-7,15H,8-9H2. The van der Waals surface area contributed by atoms with Crippen molar-refractivity contribution in [2.45, 2.75) is 13.1 Å². The van der Waals surface area contributed by atoms with Crippen LogP contribution in [0.4, 0.5) is 5.69 Å². The summed E-state index contributed by atoms with van der Waals surface area (Å²) < 4.78 is 0. The van der Waals surface area contributed by atoms with Gasteiger partial charge in [0.2, 0.25) is 0 Å². The van der Waals surface area contributed by atoms with E-state index in [0.29, 0.717) is 5.56 Å². The van der Waals surface area contributed by atoms with Crippen LogP contribution in [-0.4, -0.2) is 4.92 Å². The van der Waals surface area contributed by atoms with Gasteiger partial charge in [0.15, 0.2) is 0 Å². The number of nitrogens with zero attached hydrogens (tertiary/aromatic N) is 1. The zero-order chi connectivity index (χ0) is 12.5. The summed E-state index contributed by atoms with van der Waals surface area (Å²) in [6.07, 6.45) is 0. The van der Waals surface area contributed by atoms with Gasteiger partial charge in [-0.1, -0.05) is 30.3 Å². The van der Waals surface area contributed by atoms with E-state index in [0.717, 1.165) is 18.7 Å². The van der Waals surface area contributed by atoms with Crippen LogP contribution < -0.4 is 5.32 Å². The van der Waals surface area contributed by atoms with Crippen molar-refractivity contribution < 1.29 is 4.92 Å². The Morgan fingerprint density at radius 3 is 2.61 bits per heavy atom. The monoisotopic (exact) mass is 240 g/mol. The summed E-state index contributed by atoms with van der Waals surface area (Å²) >= 11 is 0. The molecule has 3 rings (SSSR count). The van der Waals surface area contributed by atoms with Crippen LogP contribution in [0.1, 0.15) is 11.1 Å². The fourth-order valence-electron chi connectivity index (χ4n) is 2.44. The van der Waals surface area contributed by atoms with Crippen LogP contribution in [-0.2, 0) is 13.1 Å². The Bertz CT molecular complexity index is 623. The number of nitro groups is 1. The molecule has 0 atom stereocenters. The number of hydrogen-bond acceptors (Lipinski definition) is 3. The van der Waals surface area contributed by atoms with E-state index in [4.69, 9.17) is 0 Å². The van der Waals surface area contributed by atoms with Gasteiger partial charge in [-0.05, 0) is 22.8 Å². The summed E-state index contributed by atoms with van der Waals surface area (Å²) in [5.74, 6) is 0. The van der Waals surface area contributed by atoms with Gasteiger partial charge in [0.05, 0.1) is 10.5 Å². The zero-order valence-corrected chi connectivity index (χ0v) is 9.72. The second kappa shape index (κ2) is 4.23. The van der Waals surface area contributed by atoms with E-state index < -0.39 is 0 Å². The van der Waals surface area contributed by atoms with Crippen LogP contribution in [0, 0.1) is 10.1 Å². The molecule has 4 heteroatoms. The molecule has 0 saturated carbocycles. The van der Waals surface area contributed by atoms with Crippen LogP contribution in [0.25, 0.3) is 11.1 Å². The lowest BCUT2D eigenvalue weighted by molar-refractivity contribution is -0.384. The highest BCUT2D eigenvalue weighted by Gasteiger charge is 2.20. The van der Waals surface area contributed by atoms with Gasteiger partial charge in [0.25, 0.3) is 5.69 Å². The van der Waals surface area contributed by atoms with Gasteiger partial charge in [-0.2, -0.15) is 0 Å². The average Bonchev–Trinajstić information content (AvgIpc) is 2.86. The van der Waals surface area contributed by atoms with E-state index >= 15 is 0 Å². The van der Waals surface area contributed by atoms with Crippen molar-refractivity contribution in [1.82, 2.24) is 5.32 Å². The molecule has 0 fully saturated rings. The molecule has 1 aliphatic rings. The van der Waals surface area contributed by atoms with Gasteiger partial charge < -0.3 is 5.32 Å². The summed E-state index contributed by atoms with van der Waals surface area (Å²) in [6.45, 7) is 1.61. The molecule has 18 heavy (non-hydrogen) atoms. The number of hydrogen-bond donors (Lipinski definition) is 1. The van der Waals surface area contributed by atoms with Crippen molar-refractivity contribution >= 4 is 5.69 Å². The number of fused-ring (bicyclic) bond motifs is 1. The fourth-order valence-corrected chi connectivity index (χ4v) is 2.44. The van der Waals surface area contributed by atoms with E-state index in [1.165, 1.54) is 11.1 Å². The van der Waals surface area contributed by atoms with Crippen LogP contribution in [0.15, 0.2) is 42.5 Å². The zero-order valence-electron chi connectivity index (χ0n) is 9.72. The van der Waals surface area contributed by atoms with Gasteiger partial charge in [-0.3, -0.25) is 10.1 Å². The molecule has 1 N–H and O–H groups in total. The highest BCUT2D eigenvalue weighted by Crippen LogP contribution is 2.34. The van der Waals surface area contributed by atoms with Gasteiger partial charge in [-0.25, -0.2) is 0 Å². The van der Waals surface area contributed by atoms with Crippen molar-refractivity contribution in [2.75, 3.05) is 0 Å². The minimum atomic E-state index is -0.322. The largest absolute Gasteiger partial charge is 0.309 e. The Morgan fingerprint density at radius 2 is 1.78 bits per heavy atom. The van der Waals surface area contributed by atoms with Gasteiger partial charge in [0, 0.05) is 19.2 Å². The van der Waals surface area contributed by atoms with E-state index in [1.807, 2.05) is 24.3 Å². The first kappa shape index (κ1) is 10.9. The van der Waals surface area contributed by atoms with Crippen LogP contribution in [0.5, 0.6) is 0 Å². The summed E-state index contributed by atoms with van der Waals surface area (Å²) in [7, 11) is 0. The Kier molecular flexibility index (Phi) is 2.57. The molecule has 0 spiro atoms. The molecular weight excluding hydrogens is 228 g/mol. The first-order valence-electron chi connectivity index (χ1n) is 5.82. The number of rotatable bonds is 2. The molecular formula is C14H12N2O2. The third kappa shape index (κ3) is 1.67. The normalized spacial score (nSPS) is 13.3. The van der Waals surface area contributed by atoms with Crippen molar-refractivity contribution in [1.29, 1.82) is 0 Å². The van der Waals surface area contributed by atoms with Crippen molar-refractivity contribution in [2.24, 2.45) is 0 Å². The van der Waals surface area contributed by atoms with E-state index in [-0.39, 0.29) is 10.6 Å². The minimum Gasteiger partial charge on any atom is -0.309 e. The third-order valence-corrected chi connectivity index (χ3v) is 3.28. The van der Waals surface area contributed by atoms with Crippen LogP contribution in [0.2, 0.25) is 0 Å². The number of nitro benzene ring substituents is 1. The lowest BCUT2D eigenvalue weighted by atomic mass is 9.96. The van der Waals surface area contributed by atoms with Gasteiger partial charge >= 0.3 is 0 Å². The first-order valence-corrected chi connectivity index (χ1v) is 5.82. The molecule has 0 bridgehead atoms.